The monoisotopic (exact) mass is 409 g/mol. The Morgan fingerprint density at radius 1 is 1.00 bits per heavy atom. The second kappa shape index (κ2) is 10.1. The maximum atomic E-state index is 12.4. The van der Waals surface area contributed by atoms with Crippen molar-refractivity contribution in [2.45, 2.75) is 38.6 Å². The number of hydrogen-bond donors (Lipinski definition) is 0. The van der Waals surface area contributed by atoms with Crippen molar-refractivity contribution in [3.05, 3.63) is 64.7 Å². The van der Waals surface area contributed by atoms with Crippen LogP contribution < -0.4 is 4.74 Å². The van der Waals surface area contributed by atoms with Crippen molar-refractivity contribution in [1.29, 1.82) is 0 Å². The summed E-state index contributed by atoms with van der Waals surface area (Å²) >= 11 is 0. The van der Waals surface area contributed by atoms with E-state index < -0.39 is 5.97 Å². The number of carbonyl (C=O) groups is 3. The Labute approximate surface area is 176 Å². The van der Waals surface area contributed by atoms with Crippen LogP contribution in [0.4, 0.5) is 0 Å². The minimum Gasteiger partial charge on any atom is -0.496 e. The number of carbonyl (C=O) groups excluding carboxylic acids is 3. The molecule has 1 aliphatic rings. The van der Waals surface area contributed by atoms with Gasteiger partial charge in [-0.2, -0.15) is 0 Å². The molecule has 3 rings (SSSR count). The predicted octanol–water partition coefficient (Wildman–Crippen LogP) is 3.35. The van der Waals surface area contributed by atoms with Crippen molar-refractivity contribution in [3.63, 3.8) is 0 Å². The van der Waals surface area contributed by atoms with Gasteiger partial charge >= 0.3 is 5.97 Å². The van der Waals surface area contributed by atoms with Crippen molar-refractivity contribution in [1.82, 2.24) is 4.90 Å². The van der Waals surface area contributed by atoms with Crippen LogP contribution in [0.25, 0.3) is 0 Å². The summed E-state index contributed by atoms with van der Waals surface area (Å²) in [4.78, 5) is 38.1. The highest BCUT2D eigenvalue weighted by atomic mass is 16.5. The number of para-hydroxylation sites is 1. The van der Waals surface area contributed by atoms with Gasteiger partial charge in [-0.15, -0.1) is 0 Å². The van der Waals surface area contributed by atoms with Crippen molar-refractivity contribution >= 4 is 17.7 Å². The van der Waals surface area contributed by atoms with Crippen LogP contribution in [0.2, 0.25) is 0 Å². The average Bonchev–Trinajstić information content (AvgIpc) is 3.24. The summed E-state index contributed by atoms with van der Waals surface area (Å²) in [7, 11) is 3.21. The summed E-state index contributed by atoms with van der Waals surface area (Å²) in [6.45, 7) is -0.00523. The SMILES string of the molecule is COc1ccccc1CN(C)C(=O)COC(=O)CCC(=O)c1ccc2c(c1)CCC2. The molecule has 158 valence electrons. The number of aryl methyl sites for hydroxylation is 2. The van der Waals surface area contributed by atoms with Crippen LogP contribution in [0.5, 0.6) is 5.75 Å². The predicted molar refractivity (Wildman–Crippen MR) is 112 cm³/mol. The van der Waals surface area contributed by atoms with Crippen molar-refractivity contribution in [3.8, 4) is 5.75 Å². The Morgan fingerprint density at radius 2 is 1.77 bits per heavy atom. The third-order valence-corrected chi connectivity index (χ3v) is 5.36. The number of rotatable bonds is 9. The highest BCUT2D eigenvalue weighted by Gasteiger charge is 2.17. The zero-order chi connectivity index (χ0) is 21.5. The topological polar surface area (TPSA) is 72.9 Å². The summed E-state index contributed by atoms with van der Waals surface area (Å²) in [6, 6.07) is 13.2. The summed E-state index contributed by atoms with van der Waals surface area (Å²) in [5, 5.41) is 0. The molecule has 1 aliphatic carbocycles. The van der Waals surface area contributed by atoms with Gasteiger partial charge in [0.25, 0.3) is 5.91 Å². The van der Waals surface area contributed by atoms with E-state index in [0.717, 1.165) is 24.8 Å². The van der Waals surface area contributed by atoms with Crippen LogP contribution in [-0.2, 0) is 33.7 Å². The van der Waals surface area contributed by atoms with E-state index in [-0.39, 0.29) is 31.1 Å². The minimum atomic E-state index is -0.552. The van der Waals surface area contributed by atoms with Crippen molar-refractivity contribution < 1.29 is 23.9 Å². The number of hydrogen-bond acceptors (Lipinski definition) is 5. The van der Waals surface area contributed by atoms with Gasteiger partial charge in [-0.25, -0.2) is 0 Å². The first-order valence-corrected chi connectivity index (χ1v) is 10.1. The first-order chi connectivity index (χ1) is 14.5. The first kappa shape index (κ1) is 21.6. The van der Waals surface area contributed by atoms with E-state index in [1.54, 1.807) is 14.2 Å². The van der Waals surface area contributed by atoms with Gasteiger partial charge in [0.2, 0.25) is 0 Å². The second-order valence-corrected chi connectivity index (χ2v) is 7.48. The largest absolute Gasteiger partial charge is 0.496 e. The number of Topliss-reactive ketones (excluding diaryl/α,β-unsaturated/α-hetero) is 1. The number of nitrogens with zero attached hydrogens (tertiary/aromatic N) is 1. The Bertz CT molecular complexity index is 937. The average molecular weight is 409 g/mol. The van der Waals surface area contributed by atoms with E-state index in [4.69, 9.17) is 9.47 Å². The number of methoxy groups -OCH3 is 1. The van der Waals surface area contributed by atoms with Crippen molar-refractivity contribution in [2.24, 2.45) is 0 Å². The molecule has 0 heterocycles. The Balaban J connectivity index is 1.42. The van der Waals surface area contributed by atoms with Crippen LogP contribution >= 0.6 is 0 Å². The van der Waals surface area contributed by atoms with E-state index >= 15 is 0 Å². The molecule has 0 bridgehead atoms. The summed E-state index contributed by atoms with van der Waals surface area (Å²) in [5.74, 6) is -0.261. The molecule has 0 radical (unpaired) electrons. The summed E-state index contributed by atoms with van der Waals surface area (Å²) < 4.78 is 10.4. The van der Waals surface area contributed by atoms with Crippen LogP contribution in [0, 0.1) is 0 Å². The maximum Gasteiger partial charge on any atom is 0.306 e. The molecule has 6 nitrogen and oxygen atoms in total. The number of ether oxygens (including phenoxy) is 2. The van der Waals surface area contributed by atoms with Crippen molar-refractivity contribution in [2.75, 3.05) is 20.8 Å². The molecule has 0 saturated heterocycles. The van der Waals surface area contributed by atoms with E-state index in [2.05, 4.69) is 0 Å². The molecular formula is C24H27NO5. The lowest BCUT2D eigenvalue weighted by Gasteiger charge is -2.18. The van der Waals surface area contributed by atoms with E-state index in [1.165, 1.54) is 16.0 Å². The zero-order valence-electron chi connectivity index (χ0n) is 17.5. The molecule has 0 aliphatic heterocycles. The van der Waals surface area contributed by atoms with Gasteiger partial charge < -0.3 is 14.4 Å². The number of ketones is 1. The summed E-state index contributed by atoms with van der Waals surface area (Å²) in [6.07, 6.45) is 3.22. The first-order valence-electron chi connectivity index (χ1n) is 10.1. The second-order valence-electron chi connectivity index (χ2n) is 7.48. The summed E-state index contributed by atoms with van der Waals surface area (Å²) in [5.41, 5.74) is 4.03. The molecule has 0 fully saturated rings. The molecule has 0 atom stereocenters. The van der Waals surface area contributed by atoms with E-state index in [1.807, 2.05) is 42.5 Å². The number of fused-ring (bicyclic) bond motifs is 1. The lowest BCUT2D eigenvalue weighted by molar-refractivity contribution is -0.151. The fourth-order valence-electron chi connectivity index (χ4n) is 3.61. The molecule has 30 heavy (non-hydrogen) atoms. The third kappa shape index (κ3) is 5.47. The van der Waals surface area contributed by atoms with Crippen LogP contribution in [-0.4, -0.2) is 43.3 Å². The van der Waals surface area contributed by atoms with Gasteiger partial charge in [0.05, 0.1) is 13.5 Å². The van der Waals surface area contributed by atoms with Crippen LogP contribution in [0.3, 0.4) is 0 Å². The molecule has 2 aromatic carbocycles. The fraction of sp³-hybridized carbons (Fsp3) is 0.375. The molecular weight excluding hydrogens is 382 g/mol. The molecule has 0 N–H and O–H groups in total. The highest BCUT2D eigenvalue weighted by molar-refractivity contribution is 5.98. The number of amides is 1. The number of benzene rings is 2. The minimum absolute atomic E-state index is 0.0422. The van der Waals surface area contributed by atoms with Gasteiger partial charge in [0.1, 0.15) is 5.75 Å². The number of likely N-dealkylation sites (N-methyl/N-ethyl adjacent to an activating group) is 1. The molecule has 0 saturated carbocycles. The zero-order valence-corrected chi connectivity index (χ0v) is 17.5. The fourth-order valence-corrected chi connectivity index (χ4v) is 3.61. The maximum absolute atomic E-state index is 12.4. The van der Waals surface area contributed by atoms with Gasteiger partial charge in [-0.05, 0) is 42.5 Å². The molecule has 0 aromatic heterocycles. The molecule has 0 unspecified atom stereocenters. The van der Waals surface area contributed by atoms with E-state index in [0.29, 0.717) is 17.9 Å². The normalized spacial score (nSPS) is 12.2. The molecule has 0 spiro atoms. The van der Waals surface area contributed by atoms with E-state index in [9.17, 15) is 14.4 Å². The van der Waals surface area contributed by atoms with Gasteiger partial charge in [0, 0.05) is 31.1 Å². The molecule has 2 aromatic rings. The third-order valence-electron chi connectivity index (χ3n) is 5.36. The Hall–Kier alpha value is -3.15. The van der Waals surface area contributed by atoms with Gasteiger partial charge in [-0.3, -0.25) is 14.4 Å². The highest BCUT2D eigenvalue weighted by Crippen LogP contribution is 2.23. The van der Waals surface area contributed by atoms with Crippen LogP contribution in [0.15, 0.2) is 42.5 Å². The lowest BCUT2D eigenvalue weighted by atomic mass is 10.0. The molecule has 1 amide bonds. The van der Waals surface area contributed by atoms with Crippen LogP contribution in [0.1, 0.15) is 46.3 Å². The smallest absolute Gasteiger partial charge is 0.306 e. The van der Waals surface area contributed by atoms with Gasteiger partial charge in [-0.1, -0.05) is 30.3 Å². The Morgan fingerprint density at radius 3 is 2.57 bits per heavy atom. The Kier molecular flexibility index (Phi) is 7.22. The lowest BCUT2D eigenvalue weighted by Crippen LogP contribution is -2.31. The molecule has 6 heteroatoms. The quantitative estimate of drug-likeness (QED) is 0.469. The van der Waals surface area contributed by atoms with Gasteiger partial charge in [0.15, 0.2) is 12.4 Å². The number of esters is 1. The standard InChI is InChI=1S/C24H27NO5/c1-25(15-20-6-3-4-9-22(20)29-2)23(27)16-30-24(28)13-12-21(26)19-11-10-17-7-5-8-18(17)14-19/h3-4,6,9-11,14H,5,7-8,12-13,15-16H2,1-2H3.